The van der Waals surface area contributed by atoms with Crippen molar-refractivity contribution in [2.45, 2.75) is 0 Å². The number of carbonyl (C=O) groups excluding carboxylic acids is 1. The van der Waals surface area contributed by atoms with Crippen LogP contribution in [0.2, 0.25) is 0 Å². The summed E-state index contributed by atoms with van der Waals surface area (Å²) in [7, 11) is -2.84. The highest BCUT2D eigenvalue weighted by molar-refractivity contribution is 7.85. The number of rotatable bonds is 3. The van der Waals surface area contributed by atoms with Crippen LogP contribution in [0.4, 0.5) is 0 Å². The first-order valence-electron chi connectivity index (χ1n) is 1.64. The van der Waals surface area contributed by atoms with E-state index in [1.165, 1.54) is 4.72 Å². The van der Waals surface area contributed by atoms with Crippen molar-refractivity contribution < 1.29 is 17.4 Å². The van der Waals surface area contributed by atoms with E-state index >= 15 is 0 Å². The van der Waals surface area contributed by atoms with Crippen molar-refractivity contribution in [2.24, 2.45) is 0 Å². The summed E-state index contributed by atoms with van der Waals surface area (Å²) in [5.74, 6) is 0. The maximum Gasteiger partial charge on any atom is 0.361 e. The van der Waals surface area contributed by atoms with Crippen LogP contribution in [0.15, 0.2) is 0 Å². The molecule has 0 aliphatic heterocycles. The SMILES string of the molecule is COS(=O)(=O)NC=O. The van der Waals surface area contributed by atoms with E-state index in [9.17, 15) is 13.2 Å². The summed E-state index contributed by atoms with van der Waals surface area (Å²) >= 11 is 0. The molecule has 0 bridgehead atoms. The van der Waals surface area contributed by atoms with Gasteiger partial charge >= 0.3 is 10.3 Å². The molecule has 1 N–H and O–H groups in total. The summed E-state index contributed by atoms with van der Waals surface area (Å²) in [5.41, 5.74) is 0. The van der Waals surface area contributed by atoms with Gasteiger partial charge in [-0.1, -0.05) is 0 Å². The van der Waals surface area contributed by atoms with Crippen LogP contribution in [0.3, 0.4) is 0 Å². The maximum atomic E-state index is 10.0. The van der Waals surface area contributed by atoms with Gasteiger partial charge in [-0.3, -0.25) is 8.98 Å². The van der Waals surface area contributed by atoms with Gasteiger partial charge in [-0.05, 0) is 0 Å². The molecule has 6 heteroatoms. The van der Waals surface area contributed by atoms with Crippen molar-refractivity contribution in [1.82, 2.24) is 4.72 Å². The van der Waals surface area contributed by atoms with Crippen molar-refractivity contribution in [3.05, 3.63) is 0 Å². The zero-order valence-electron chi connectivity index (χ0n) is 4.12. The first kappa shape index (κ1) is 7.38. The van der Waals surface area contributed by atoms with E-state index in [0.717, 1.165) is 7.11 Å². The molecule has 0 spiro atoms. The molecule has 0 fully saturated rings. The van der Waals surface area contributed by atoms with Crippen LogP contribution in [0.25, 0.3) is 0 Å². The van der Waals surface area contributed by atoms with Gasteiger partial charge in [-0.15, -0.1) is 0 Å². The lowest BCUT2D eigenvalue weighted by Crippen LogP contribution is -2.22. The summed E-state index contributed by atoms with van der Waals surface area (Å²) in [6, 6.07) is 0. The average Bonchev–Trinajstić information content (AvgIpc) is 1.67. The van der Waals surface area contributed by atoms with E-state index in [-0.39, 0.29) is 6.41 Å². The van der Waals surface area contributed by atoms with Crippen LogP contribution in [0, 0.1) is 0 Å². The molecule has 0 heterocycles. The number of nitrogens with one attached hydrogen (secondary N) is 1. The minimum Gasteiger partial charge on any atom is -0.278 e. The molecule has 0 aliphatic carbocycles. The van der Waals surface area contributed by atoms with Crippen LogP contribution in [-0.4, -0.2) is 21.9 Å². The third-order valence-corrected chi connectivity index (χ3v) is 1.24. The van der Waals surface area contributed by atoms with Crippen LogP contribution in [0.5, 0.6) is 0 Å². The summed E-state index contributed by atoms with van der Waals surface area (Å²) in [5, 5.41) is 0. The lowest BCUT2D eigenvalue weighted by atomic mass is 11.5. The molecule has 0 saturated carbocycles. The van der Waals surface area contributed by atoms with Gasteiger partial charge in [0.25, 0.3) is 0 Å². The third kappa shape index (κ3) is 2.54. The fraction of sp³-hybridized carbons (Fsp3) is 0.500. The zero-order chi connectivity index (χ0) is 6.62. The first-order chi connectivity index (χ1) is 3.62. The molecule has 8 heavy (non-hydrogen) atoms. The van der Waals surface area contributed by atoms with E-state index in [4.69, 9.17) is 0 Å². The second-order valence-corrected chi connectivity index (χ2v) is 2.33. The Morgan fingerprint density at radius 1 is 1.62 bits per heavy atom. The normalized spacial score (nSPS) is 10.6. The molecule has 0 aromatic heterocycles. The molecule has 0 aliphatic rings. The average molecular weight is 139 g/mol. The molecule has 0 aromatic rings. The van der Waals surface area contributed by atoms with E-state index in [1.54, 1.807) is 0 Å². The highest BCUT2D eigenvalue weighted by Gasteiger charge is 2.01. The van der Waals surface area contributed by atoms with Crippen LogP contribution in [-0.2, 0) is 19.3 Å². The summed E-state index contributed by atoms with van der Waals surface area (Å²) in [4.78, 5) is 9.41. The number of hydrogen-bond donors (Lipinski definition) is 1. The third-order valence-electron chi connectivity index (χ3n) is 0.412. The summed E-state index contributed by atoms with van der Waals surface area (Å²) in [6.07, 6.45) is 0.0266. The Hall–Kier alpha value is -0.620. The fourth-order valence-corrected chi connectivity index (χ4v) is 0.321. The molecule has 5 nitrogen and oxygen atoms in total. The standard InChI is InChI=1S/C2H5NO4S/c1-7-8(5,6)3-2-4/h2H,1H3,(H,3,4). The predicted octanol–water partition coefficient (Wildman–Crippen LogP) is -1.38. The minimum absolute atomic E-state index is 0.0266. The monoisotopic (exact) mass is 139 g/mol. The van der Waals surface area contributed by atoms with Crippen LogP contribution >= 0.6 is 0 Å². The Morgan fingerprint density at radius 2 is 2.12 bits per heavy atom. The molecule has 0 aromatic carbocycles. The second-order valence-electron chi connectivity index (χ2n) is 0.856. The van der Waals surface area contributed by atoms with E-state index in [2.05, 4.69) is 4.18 Å². The lowest BCUT2D eigenvalue weighted by Gasteiger charge is -1.93. The van der Waals surface area contributed by atoms with Gasteiger partial charge < -0.3 is 0 Å². The molecule has 0 rings (SSSR count). The highest BCUT2D eigenvalue weighted by atomic mass is 32.2. The lowest BCUT2D eigenvalue weighted by molar-refractivity contribution is -0.108. The van der Waals surface area contributed by atoms with Gasteiger partial charge in [0.15, 0.2) is 0 Å². The van der Waals surface area contributed by atoms with Gasteiger partial charge in [0.05, 0.1) is 7.11 Å². The molecule has 0 saturated heterocycles. The van der Waals surface area contributed by atoms with Gasteiger partial charge in [0, 0.05) is 0 Å². The fourth-order valence-electron chi connectivity index (χ4n) is 0.107. The minimum atomic E-state index is -3.79. The molecular formula is C2H5NO4S. The van der Waals surface area contributed by atoms with Crippen molar-refractivity contribution in [3.63, 3.8) is 0 Å². The van der Waals surface area contributed by atoms with Crippen molar-refractivity contribution in [3.8, 4) is 0 Å². The Morgan fingerprint density at radius 3 is 2.25 bits per heavy atom. The quantitative estimate of drug-likeness (QED) is 0.489. The Bertz CT molecular complexity index is 159. The zero-order valence-corrected chi connectivity index (χ0v) is 4.94. The highest BCUT2D eigenvalue weighted by Crippen LogP contribution is 1.76. The maximum absolute atomic E-state index is 10.0. The first-order valence-corrected chi connectivity index (χ1v) is 3.04. The predicted molar refractivity (Wildman–Crippen MR) is 25.1 cm³/mol. The van der Waals surface area contributed by atoms with Crippen LogP contribution < -0.4 is 4.72 Å². The molecule has 0 unspecified atom stereocenters. The molecule has 1 amide bonds. The number of hydrogen-bond acceptors (Lipinski definition) is 4. The topological polar surface area (TPSA) is 72.5 Å². The van der Waals surface area contributed by atoms with E-state index in [0.29, 0.717) is 0 Å². The number of amides is 1. The van der Waals surface area contributed by atoms with Gasteiger partial charge in [-0.25, -0.2) is 4.72 Å². The van der Waals surface area contributed by atoms with E-state index in [1.807, 2.05) is 0 Å². The Labute approximate surface area is 46.9 Å². The van der Waals surface area contributed by atoms with Gasteiger partial charge in [0.1, 0.15) is 0 Å². The molecule has 0 atom stereocenters. The van der Waals surface area contributed by atoms with Gasteiger partial charge in [-0.2, -0.15) is 8.42 Å². The van der Waals surface area contributed by atoms with E-state index < -0.39 is 10.3 Å². The Balaban J connectivity index is 3.94. The summed E-state index contributed by atoms with van der Waals surface area (Å²) in [6.45, 7) is 0. The molecular weight excluding hydrogens is 134 g/mol. The summed E-state index contributed by atoms with van der Waals surface area (Å²) < 4.78 is 25.3. The largest absolute Gasteiger partial charge is 0.361 e. The van der Waals surface area contributed by atoms with Crippen molar-refractivity contribution in [2.75, 3.05) is 7.11 Å². The number of carbonyl (C=O) groups is 1. The van der Waals surface area contributed by atoms with Gasteiger partial charge in [0.2, 0.25) is 6.41 Å². The Kier molecular flexibility index (Phi) is 2.43. The molecule has 0 radical (unpaired) electrons. The smallest absolute Gasteiger partial charge is 0.278 e. The van der Waals surface area contributed by atoms with Crippen molar-refractivity contribution >= 4 is 16.7 Å². The van der Waals surface area contributed by atoms with Crippen LogP contribution in [0.1, 0.15) is 0 Å². The second kappa shape index (κ2) is 2.63. The van der Waals surface area contributed by atoms with Crippen molar-refractivity contribution in [1.29, 1.82) is 0 Å². The molecule has 48 valence electrons.